The molecule has 0 aromatic rings. The van der Waals surface area contributed by atoms with E-state index in [0.29, 0.717) is 6.42 Å². The van der Waals surface area contributed by atoms with Gasteiger partial charge in [0.15, 0.2) is 0 Å². The second-order valence-electron chi connectivity index (χ2n) is 2.08. The Hall–Kier alpha value is -1.06. The lowest BCUT2D eigenvalue weighted by Gasteiger charge is -2.00. The molecule has 0 saturated carbocycles. The minimum atomic E-state index is -0.787. The van der Waals surface area contributed by atoms with Gasteiger partial charge in [0.2, 0.25) is 0 Å². The van der Waals surface area contributed by atoms with Crippen LogP contribution in [0.1, 0.15) is 12.8 Å². The van der Waals surface area contributed by atoms with E-state index in [0.717, 1.165) is 0 Å². The third-order valence-corrected chi connectivity index (χ3v) is 0.800. The Morgan fingerprint density at radius 1 is 1.70 bits per heavy atom. The molecule has 0 atom stereocenters. The third kappa shape index (κ3) is 6.94. The molecule has 0 aliphatic heterocycles. The molecule has 0 amide bonds. The van der Waals surface area contributed by atoms with Gasteiger partial charge in [-0.05, 0) is 6.42 Å². The standard InChI is InChI=1S/C6H12N2O2/c1-8(2)7-5-3-4-6(9)10/h5H,3-4H2,1-2H3,(H,9,10). The van der Waals surface area contributed by atoms with Gasteiger partial charge in [-0.3, -0.25) is 4.79 Å². The summed E-state index contributed by atoms with van der Waals surface area (Å²) in [6, 6.07) is 0. The van der Waals surface area contributed by atoms with Gasteiger partial charge in [0.05, 0.1) is 6.42 Å². The zero-order valence-corrected chi connectivity index (χ0v) is 6.24. The largest absolute Gasteiger partial charge is 0.481 e. The van der Waals surface area contributed by atoms with Crippen molar-refractivity contribution in [2.75, 3.05) is 14.1 Å². The Kier molecular flexibility index (Phi) is 4.28. The fourth-order valence-electron chi connectivity index (χ4n) is 0.409. The zero-order valence-electron chi connectivity index (χ0n) is 6.24. The molecule has 4 nitrogen and oxygen atoms in total. The summed E-state index contributed by atoms with van der Waals surface area (Å²) in [5.74, 6) is -0.787. The molecule has 58 valence electrons. The smallest absolute Gasteiger partial charge is 0.303 e. The Morgan fingerprint density at radius 3 is 2.70 bits per heavy atom. The maximum Gasteiger partial charge on any atom is 0.303 e. The zero-order chi connectivity index (χ0) is 7.98. The molecule has 0 bridgehead atoms. The summed E-state index contributed by atoms with van der Waals surface area (Å²) < 4.78 is 0. The highest BCUT2D eigenvalue weighted by Crippen LogP contribution is 1.84. The molecule has 0 aromatic heterocycles. The molecule has 0 aromatic carbocycles. The first-order valence-corrected chi connectivity index (χ1v) is 3.04. The van der Waals surface area contributed by atoms with Crippen molar-refractivity contribution in [3.63, 3.8) is 0 Å². The molecule has 0 rings (SSSR count). The molecule has 0 aliphatic rings. The molecule has 0 heterocycles. The summed E-state index contributed by atoms with van der Waals surface area (Å²) in [6.07, 6.45) is 2.24. The first-order valence-electron chi connectivity index (χ1n) is 3.04. The van der Waals surface area contributed by atoms with Gasteiger partial charge in [0, 0.05) is 20.3 Å². The van der Waals surface area contributed by atoms with E-state index in [1.165, 1.54) is 0 Å². The van der Waals surface area contributed by atoms with Crippen LogP contribution in [-0.4, -0.2) is 36.4 Å². The fraction of sp³-hybridized carbons (Fsp3) is 0.667. The summed E-state index contributed by atoms with van der Waals surface area (Å²) in [7, 11) is 3.58. The van der Waals surface area contributed by atoms with Crippen LogP contribution in [0.5, 0.6) is 0 Å². The van der Waals surface area contributed by atoms with E-state index < -0.39 is 5.97 Å². The SMILES string of the molecule is CN(C)N=CCCC(=O)O. The Bertz CT molecular complexity index is 132. The number of rotatable bonds is 4. The number of hydrogen-bond donors (Lipinski definition) is 1. The van der Waals surface area contributed by atoms with E-state index in [2.05, 4.69) is 5.10 Å². The number of carboxylic acid groups (broad SMARTS) is 1. The highest BCUT2D eigenvalue weighted by molar-refractivity contribution is 5.71. The van der Waals surface area contributed by atoms with Gasteiger partial charge in [0.25, 0.3) is 0 Å². The summed E-state index contributed by atoms with van der Waals surface area (Å²) in [5, 5.41) is 13.7. The molecule has 0 radical (unpaired) electrons. The van der Waals surface area contributed by atoms with E-state index >= 15 is 0 Å². The van der Waals surface area contributed by atoms with Crippen LogP contribution >= 0.6 is 0 Å². The average molecular weight is 144 g/mol. The third-order valence-electron chi connectivity index (χ3n) is 0.800. The molecule has 0 unspecified atom stereocenters. The highest BCUT2D eigenvalue weighted by Gasteiger charge is 1.91. The van der Waals surface area contributed by atoms with Gasteiger partial charge in [-0.25, -0.2) is 0 Å². The monoisotopic (exact) mass is 144 g/mol. The predicted molar refractivity (Wildman–Crippen MR) is 39.0 cm³/mol. The van der Waals surface area contributed by atoms with Crippen molar-refractivity contribution in [2.45, 2.75) is 12.8 Å². The summed E-state index contributed by atoms with van der Waals surface area (Å²) in [4.78, 5) is 9.97. The van der Waals surface area contributed by atoms with Crippen LogP contribution in [0.2, 0.25) is 0 Å². The van der Waals surface area contributed by atoms with E-state index in [-0.39, 0.29) is 6.42 Å². The van der Waals surface area contributed by atoms with Crippen LogP contribution < -0.4 is 0 Å². The van der Waals surface area contributed by atoms with Crippen molar-refractivity contribution in [3.05, 3.63) is 0 Å². The van der Waals surface area contributed by atoms with E-state index in [1.807, 2.05) is 0 Å². The lowest BCUT2D eigenvalue weighted by atomic mass is 10.3. The van der Waals surface area contributed by atoms with E-state index in [9.17, 15) is 4.79 Å². The number of carboxylic acids is 1. The van der Waals surface area contributed by atoms with Crippen LogP contribution in [-0.2, 0) is 4.79 Å². The molecule has 0 aliphatic carbocycles. The number of hydrogen-bond acceptors (Lipinski definition) is 3. The number of nitrogens with zero attached hydrogens (tertiary/aromatic N) is 2. The van der Waals surface area contributed by atoms with Crippen molar-refractivity contribution >= 4 is 12.2 Å². The molecule has 10 heavy (non-hydrogen) atoms. The maximum atomic E-state index is 9.97. The first kappa shape index (κ1) is 8.94. The molecule has 4 heteroatoms. The average Bonchev–Trinajstić information content (AvgIpc) is 1.79. The van der Waals surface area contributed by atoms with Gasteiger partial charge in [0.1, 0.15) is 0 Å². The quantitative estimate of drug-likeness (QED) is 0.459. The van der Waals surface area contributed by atoms with Gasteiger partial charge in [-0.2, -0.15) is 5.10 Å². The van der Waals surface area contributed by atoms with Gasteiger partial charge in [-0.15, -0.1) is 0 Å². The molecular formula is C6H12N2O2. The molecular weight excluding hydrogens is 132 g/mol. The molecule has 0 saturated heterocycles. The second kappa shape index (κ2) is 4.78. The summed E-state index contributed by atoms with van der Waals surface area (Å²) >= 11 is 0. The fourth-order valence-corrected chi connectivity index (χ4v) is 0.409. The molecule has 1 N–H and O–H groups in total. The van der Waals surface area contributed by atoms with Gasteiger partial charge < -0.3 is 10.1 Å². The van der Waals surface area contributed by atoms with Crippen molar-refractivity contribution in [1.29, 1.82) is 0 Å². The Labute approximate surface area is 60.1 Å². The summed E-state index contributed by atoms with van der Waals surface area (Å²) in [6.45, 7) is 0. The second-order valence-corrected chi connectivity index (χ2v) is 2.08. The van der Waals surface area contributed by atoms with Crippen LogP contribution in [0, 0.1) is 0 Å². The molecule has 0 spiro atoms. The number of aliphatic carboxylic acids is 1. The highest BCUT2D eigenvalue weighted by atomic mass is 16.4. The van der Waals surface area contributed by atoms with Crippen molar-refractivity contribution in [3.8, 4) is 0 Å². The van der Waals surface area contributed by atoms with E-state index in [1.54, 1.807) is 25.3 Å². The van der Waals surface area contributed by atoms with Gasteiger partial charge >= 0.3 is 5.97 Å². The van der Waals surface area contributed by atoms with Crippen molar-refractivity contribution in [1.82, 2.24) is 5.01 Å². The van der Waals surface area contributed by atoms with Crippen LogP contribution in [0.15, 0.2) is 5.10 Å². The van der Waals surface area contributed by atoms with Gasteiger partial charge in [-0.1, -0.05) is 0 Å². The minimum Gasteiger partial charge on any atom is -0.481 e. The predicted octanol–water partition coefficient (Wildman–Crippen LogP) is 0.399. The van der Waals surface area contributed by atoms with Crippen LogP contribution in [0.25, 0.3) is 0 Å². The maximum absolute atomic E-state index is 9.97. The lowest BCUT2D eigenvalue weighted by Crippen LogP contribution is -2.02. The molecule has 0 fully saturated rings. The number of hydrazone groups is 1. The van der Waals surface area contributed by atoms with Crippen LogP contribution in [0.4, 0.5) is 0 Å². The normalized spacial score (nSPS) is 10.2. The number of carbonyl (C=O) groups is 1. The summed E-state index contributed by atoms with van der Waals surface area (Å²) in [5.41, 5.74) is 0. The Balaban J connectivity index is 3.27. The topological polar surface area (TPSA) is 52.9 Å². The minimum absolute atomic E-state index is 0.150. The van der Waals surface area contributed by atoms with E-state index in [4.69, 9.17) is 5.11 Å². The first-order chi connectivity index (χ1) is 4.63. The lowest BCUT2D eigenvalue weighted by molar-refractivity contribution is -0.136. The Morgan fingerprint density at radius 2 is 2.30 bits per heavy atom. The van der Waals surface area contributed by atoms with Crippen molar-refractivity contribution < 1.29 is 9.90 Å². The van der Waals surface area contributed by atoms with Crippen molar-refractivity contribution in [2.24, 2.45) is 5.10 Å². The van der Waals surface area contributed by atoms with Crippen LogP contribution in [0.3, 0.4) is 0 Å².